The number of thiazole rings is 1. The number of fused-ring (bicyclic) bond motifs is 1. The van der Waals surface area contributed by atoms with Gasteiger partial charge in [0, 0.05) is 49.8 Å². The van der Waals surface area contributed by atoms with E-state index in [0.29, 0.717) is 22.3 Å². The summed E-state index contributed by atoms with van der Waals surface area (Å²) in [7, 11) is 1.55. The van der Waals surface area contributed by atoms with Crippen molar-refractivity contribution in [3.05, 3.63) is 66.5 Å². The van der Waals surface area contributed by atoms with Gasteiger partial charge in [0.2, 0.25) is 0 Å². The van der Waals surface area contributed by atoms with Crippen molar-refractivity contribution in [1.29, 1.82) is 0 Å². The van der Waals surface area contributed by atoms with Crippen molar-refractivity contribution in [2.45, 2.75) is 0 Å². The van der Waals surface area contributed by atoms with E-state index < -0.39 is 0 Å². The van der Waals surface area contributed by atoms with Crippen LogP contribution >= 0.6 is 11.3 Å². The van der Waals surface area contributed by atoms with E-state index in [9.17, 15) is 9.59 Å². The third kappa shape index (κ3) is 5.53. The quantitative estimate of drug-likeness (QED) is 0.358. The third-order valence-corrected chi connectivity index (χ3v) is 6.44. The van der Waals surface area contributed by atoms with Gasteiger partial charge in [-0.2, -0.15) is 0 Å². The summed E-state index contributed by atoms with van der Waals surface area (Å²) >= 11 is 1.34. The molecule has 3 heterocycles. The van der Waals surface area contributed by atoms with E-state index in [4.69, 9.17) is 9.47 Å². The number of nitrogens with zero attached hydrogens (tertiary/aromatic N) is 3. The van der Waals surface area contributed by atoms with Crippen molar-refractivity contribution in [2.75, 3.05) is 48.9 Å². The van der Waals surface area contributed by atoms with Crippen LogP contribution in [0.5, 0.6) is 11.5 Å². The van der Waals surface area contributed by atoms with Gasteiger partial charge in [-0.3, -0.25) is 15.1 Å². The Bertz CT molecular complexity index is 1390. The molecule has 0 radical (unpaired) electrons. The van der Waals surface area contributed by atoms with E-state index in [1.54, 1.807) is 25.2 Å². The van der Waals surface area contributed by atoms with Crippen LogP contribution in [0.3, 0.4) is 0 Å². The smallest absolute Gasteiger partial charge is 0.325 e. The van der Waals surface area contributed by atoms with Crippen LogP contribution in [0.25, 0.3) is 10.2 Å². The second-order valence-electron chi connectivity index (χ2n) is 7.93. The minimum atomic E-state index is -0.372. The molecule has 0 atom stereocenters. The van der Waals surface area contributed by atoms with E-state index in [1.807, 2.05) is 36.4 Å². The largest absolute Gasteiger partial charge is 0.457 e. The van der Waals surface area contributed by atoms with E-state index in [2.05, 4.69) is 30.8 Å². The summed E-state index contributed by atoms with van der Waals surface area (Å²) in [6.07, 6.45) is 1.52. The molecule has 4 aromatic rings. The summed E-state index contributed by atoms with van der Waals surface area (Å²) in [5.41, 5.74) is 2.79. The molecular formula is C25H24N6O4S. The first kappa shape index (κ1) is 23.5. The molecule has 11 heteroatoms. The molecule has 0 unspecified atom stereocenters. The number of nitrogens with one attached hydrogen (secondary N) is 3. The van der Waals surface area contributed by atoms with Gasteiger partial charge in [0.25, 0.3) is 5.91 Å². The van der Waals surface area contributed by atoms with Crippen molar-refractivity contribution < 1.29 is 19.1 Å². The number of hydrogen-bond acceptors (Lipinski definition) is 8. The molecule has 0 aliphatic carbocycles. The van der Waals surface area contributed by atoms with Crippen LogP contribution in [0.1, 0.15) is 10.5 Å². The average molecular weight is 505 g/mol. The molecule has 5 rings (SSSR count). The van der Waals surface area contributed by atoms with Crippen LogP contribution in [-0.2, 0) is 4.74 Å². The van der Waals surface area contributed by atoms with Crippen molar-refractivity contribution in [3.8, 4) is 11.5 Å². The number of pyridine rings is 1. The van der Waals surface area contributed by atoms with Crippen molar-refractivity contribution >= 4 is 50.0 Å². The summed E-state index contributed by atoms with van der Waals surface area (Å²) in [6.45, 7) is 3.16. The Morgan fingerprint density at radius 2 is 1.78 bits per heavy atom. The molecule has 2 aromatic heterocycles. The molecule has 3 N–H and O–H groups in total. The summed E-state index contributed by atoms with van der Waals surface area (Å²) in [5, 5.41) is 8.63. The number of aromatic nitrogens is 2. The lowest BCUT2D eigenvalue weighted by Crippen LogP contribution is -2.36. The normalized spacial score (nSPS) is 13.3. The van der Waals surface area contributed by atoms with Crippen LogP contribution < -0.4 is 25.6 Å². The van der Waals surface area contributed by atoms with Crippen molar-refractivity contribution in [3.63, 3.8) is 0 Å². The molecule has 10 nitrogen and oxygen atoms in total. The Hall–Kier alpha value is -4.22. The maximum absolute atomic E-state index is 12.5. The second kappa shape index (κ2) is 10.6. The number of hydrogen-bond donors (Lipinski definition) is 3. The highest BCUT2D eigenvalue weighted by Gasteiger charge is 2.13. The summed E-state index contributed by atoms with van der Waals surface area (Å²) < 4.78 is 12.1. The number of carbonyl (C=O) groups excluding carboxylic acids is 2. The van der Waals surface area contributed by atoms with Gasteiger partial charge in [-0.05, 0) is 42.5 Å². The monoisotopic (exact) mass is 504 g/mol. The molecule has 36 heavy (non-hydrogen) atoms. The van der Waals surface area contributed by atoms with Crippen LogP contribution in [0.4, 0.5) is 21.3 Å². The number of amides is 3. The lowest BCUT2D eigenvalue weighted by molar-refractivity contribution is 0.0957. The molecule has 3 amide bonds. The zero-order valence-corrected chi connectivity index (χ0v) is 20.3. The molecule has 184 valence electrons. The summed E-state index contributed by atoms with van der Waals surface area (Å²) in [5.74, 6) is 0.779. The minimum absolute atomic E-state index is 0.266. The highest BCUT2D eigenvalue weighted by Crippen LogP contribution is 2.31. The fourth-order valence-electron chi connectivity index (χ4n) is 3.72. The number of rotatable bonds is 6. The summed E-state index contributed by atoms with van der Waals surface area (Å²) in [4.78, 5) is 35.1. The molecule has 1 fully saturated rings. The maximum atomic E-state index is 12.5. The maximum Gasteiger partial charge on any atom is 0.325 e. The molecule has 1 aliphatic rings. The van der Waals surface area contributed by atoms with Crippen molar-refractivity contribution in [2.24, 2.45) is 0 Å². The fourth-order valence-corrected chi connectivity index (χ4v) is 4.61. The van der Waals surface area contributed by atoms with Gasteiger partial charge >= 0.3 is 6.03 Å². The predicted molar refractivity (Wildman–Crippen MR) is 139 cm³/mol. The molecular weight excluding hydrogens is 480 g/mol. The number of morpholine rings is 1. The first-order valence-electron chi connectivity index (χ1n) is 11.3. The number of urea groups is 1. The van der Waals surface area contributed by atoms with Gasteiger partial charge < -0.3 is 25.0 Å². The first-order chi connectivity index (χ1) is 17.6. The number of benzene rings is 2. The van der Waals surface area contributed by atoms with Crippen LogP contribution in [0.2, 0.25) is 0 Å². The average Bonchev–Trinajstić information content (AvgIpc) is 3.30. The Kier molecular flexibility index (Phi) is 6.92. The molecule has 0 bridgehead atoms. The van der Waals surface area contributed by atoms with E-state index in [1.165, 1.54) is 17.5 Å². The Morgan fingerprint density at radius 3 is 2.56 bits per heavy atom. The number of ether oxygens (including phenoxy) is 2. The lowest BCUT2D eigenvalue weighted by atomic mass is 10.2. The Balaban J connectivity index is 1.21. The van der Waals surface area contributed by atoms with Gasteiger partial charge in [0.15, 0.2) is 5.13 Å². The molecule has 0 saturated carbocycles. The van der Waals surface area contributed by atoms with E-state index in [-0.39, 0.29) is 17.6 Å². The SMILES string of the molecule is CNC(=O)c1cc(Oc2ccc3nc(NC(=O)Nc4ccc(N5CCOCC5)cc4)sc3c2)ccn1. The number of anilines is 3. The van der Waals surface area contributed by atoms with Crippen LogP contribution in [0.15, 0.2) is 60.8 Å². The highest BCUT2D eigenvalue weighted by molar-refractivity contribution is 7.22. The number of carbonyl (C=O) groups is 2. The fraction of sp³-hybridized carbons (Fsp3) is 0.200. The van der Waals surface area contributed by atoms with Gasteiger partial charge in [0.1, 0.15) is 17.2 Å². The van der Waals surface area contributed by atoms with E-state index >= 15 is 0 Å². The van der Waals surface area contributed by atoms with Gasteiger partial charge in [-0.25, -0.2) is 9.78 Å². The van der Waals surface area contributed by atoms with Gasteiger partial charge in [-0.15, -0.1) is 0 Å². The minimum Gasteiger partial charge on any atom is -0.457 e. The lowest BCUT2D eigenvalue weighted by Gasteiger charge is -2.28. The molecule has 1 aliphatic heterocycles. The van der Waals surface area contributed by atoms with E-state index in [0.717, 1.165) is 42.2 Å². The van der Waals surface area contributed by atoms with Crippen molar-refractivity contribution in [1.82, 2.24) is 15.3 Å². The zero-order chi connectivity index (χ0) is 24.9. The standard InChI is InChI=1S/C25H24N6O4S/c1-26-23(32)21-14-19(8-9-27-21)35-18-6-7-20-22(15-18)36-25(29-20)30-24(33)28-16-2-4-17(5-3-16)31-10-12-34-13-11-31/h2-9,14-15H,10-13H2,1H3,(H,26,32)(H2,28,29,30,33). The van der Waals surface area contributed by atoms with Crippen LogP contribution in [-0.4, -0.2) is 55.3 Å². The Morgan fingerprint density at radius 1 is 1.00 bits per heavy atom. The Labute approximate surface area is 211 Å². The summed E-state index contributed by atoms with van der Waals surface area (Å²) in [6, 6.07) is 16.0. The molecule has 1 saturated heterocycles. The second-order valence-corrected chi connectivity index (χ2v) is 8.96. The topological polar surface area (TPSA) is 118 Å². The van der Waals surface area contributed by atoms with Gasteiger partial charge in [-0.1, -0.05) is 11.3 Å². The zero-order valence-electron chi connectivity index (χ0n) is 19.5. The molecule has 0 spiro atoms. The predicted octanol–water partition coefficient (Wildman–Crippen LogP) is 4.32. The highest BCUT2D eigenvalue weighted by atomic mass is 32.1. The van der Waals surface area contributed by atoms with Gasteiger partial charge in [0.05, 0.1) is 23.4 Å². The third-order valence-electron chi connectivity index (χ3n) is 5.51. The first-order valence-corrected chi connectivity index (χ1v) is 12.2. The molecule has 2 aromatic carbocycles. The van der Waals surface area contributed by atoms with Crippen LogP contribution in [0, 0.1) is 0 Å².